The van der Waals surface area contributed by atoms with Crippen LogP contribution in [0.4, 0.5) is 0 Å². The molecule has 2 aromatic heterocycles. The van der Waals surface area contributed by atoms with Crippen LogP contribution in [-0.4, -0.2) is 22.6 Å². The first-order chi connectivity index (χ1) is 11.7. The number of pyridine rings is 1. The summed E-state index contributed by atoms with van der Waals surface area (Å²) in [4.78, 5) is 18.1. The molecule has 0 saturated heterocycles. The molecule has 2 heterocycles. The Balaban J connectivity index is 1.80. The van der Waals surface area contributed by atoms with Gasteiger partial charge in [0.05, 0.1) is 34.5 Å². The van der Waals surface area contributed by atoms with Crippen molar-refractivity contribution in [3.63, 3.8) is 0 Å². The van der Waals surface area contributed by atoms with E-state index in [2.05, 4.69) is 10.3 Å². The Labute approximate surface area is 144 Å². The van der Waals surface area contributed by atoms with Crippen molar-refractivity contribution in [2.75, 3.05) is 6.61 Å². The number of thiophene rings is 1. The molecule has 0 bridgehead atoms. The van der Waals surface area contributed by atoms with E-state index in [9.17, 15) is 9.90 Å². The Morgan fingerprint density at radius 3 is 2.58 bits per heavy atom. The summed E-state index contributed by atoms with van der Waals surface area (Å²) in [5.74, 6) is -0.236. The number of aryl methyl sites for hydroxylation is 1. The topological polar surface area (TPSA) is 62.2 Å². The Morgan fingerprint density at radius 1 is 1.17 bits per heavy atom. The lowest BCUT2D eigenvalue weighted by atomic mass is 10.1. The predicted octanol–water partition coefficient (Wildman–Crippen LogP) is 3.58. The number of aliphatic hydroxyl groups is 1. The summed E-state index contributed by atoms with van der Waals surface area (Å²) < 4.78 is 0. The molecular formula is C19H18N2O2S. The van der Waals surface area contributed by atoms with Crippen molar-refractivity contribution in [1.29, 1.82) is 0 Å². The van der Waals surface area contributed by atoms with Crippen molar-refractivity contribution in [3.05, 3.63) is 76.8 Å². The van der Waals surface area contributed by atoms with Crippen molar-refractivity contribution in [2.24, 2.45) is 0 Å². The van der Waals surface area contributed by atoms with Crippen molar-refractivity contribution < 1.29 is 9.90 Å². The Morgan fingerprint density at radius 2 is 1.96 bits per heavy atom. The third kappa shape index (κ3) is 3.53. The molecule has 0 unspecified atom stereocenters. The average Bonchev–Trinajstić information content (AvgIpc) is 3.14. The minimum absolute atomic E-state index is 0.157. The molecule has 3 rings (SSSR count). The van der Waals surface area contributed by atoms with Crippen LogP contribution in [0.2, 0.25) is 0 Å². The number of aromatic nitrogens is 1. The van der Waals surface area contributed by atoms with Crippen LogP contribution < -0.4 is 5.32 Å². The smallest absolute Gasteiger partial charge is 0.253 e. The van der Waals surface area contributed by atoms with Crippen LogP contribution in [0, 0.1) is 6.92 Å². The van der Waals surface area contributed by atoms with E-state index in [4.69, 9.17) is 0 Å². The summed E-state index contributed by atoms with van der Waals surface area (Å²) in [5.41, 5.74) is 2.92. The van der Waals surface area contributed by atoms with Gasteiger partial charge in [-0.15, -0.1) is 11.3 Å². The van der Waals surface area contributed by atoms with Gasteiger partial charge in [-0.25, -0.2) is 0 Å². The van der Waals surface area contributed by atoms with E-state index in [1.807, 2.05) is 60.8 Å². The van der Waals surface area contributed by atoms with Crippen molar-refractivity contribution >= 4 is 17.2 Å². The molecule has 24 heavy (non-hydrogen) atoms. The highest BCUT2D eigenvalue weighted by molar-refractivity contribution is 7.13. The Bertz CT molecular complexity index is 817. The minimum Gasteiger partial charge on any atom is -0.394 e. The minimum atomic E-state index is -0.435. The fourth-order valence-electron chi connectivity index (χ4n) is 2.52. The van der Waals surface area contributed by atoms with Gasteiger partial charge in [-0.3, -0.25) is 9.78 Å². The molecular weight excluding hydrogens is 320 g/mol. The van der Waals surface area contributed by atoms with Gasteiger partial charge in [-0.2, -0.15) is 0 Å². The Kier molecular flexibility index (Phi) is 5.03. The SMILES string of the molecule is Cc1nc(-c2cccs2)ccc1C(=O)N[C@H](CO)c1ccccc1. The highest BCUT2D eigenvalue weighted by Crippen LogP contribution is 2.24. The molecule has 3 aromatic rings. The molecule has 0 fully saturated rings. The van der Waals surface area contributed by atoms with E-state index < -0.39 is 6.04 Å². The monoisotopic (exact) mass is 338 g/mol. The third-order valence-electron chi connectivity index (χ3n) is 3.79. The normalized spacial score (nSPS) is 11.9. The predicted molar refractivity (Wildman–Crippen MR) is 96.0 cm³/mol. The highest BCUT2D eigenvalue weighted by Gasteiger charge is 2.17. The lowest BCUT2D eigenvalue weighted by Crippen LogP contribution is -2.31. The summed E-state index contributed by atoms with van der Waals surface area (Å²) in [6, 6.07) is 16.6. The molecule has 1 amide bonds. The van der Waals surface area contributed by atoms with Crippen molar-refractivity contribution in [1.82, 2.24) is 10.3 Å². The number of hydrogen-bond donors (Lipinski definition) is 2. The molecule has 4 nitrogen and oxygen atoms in total. The number of rotatable bonds is 5. The first-order valence-corrected chi connectivity index (χ1v) is 8.55. The maximum atomic E-state index is 12.5. The highest BCUT2D eigenvalue weighted by atomic mass is 32.1. The van der Waals surface area contributed by atoms with Gasteiger partial charge in [0.1, 0.15) is 0 Å². The summed E-state index contributed by atoms with van der Waals surface area (Å²) in [5, 5.41) is 14.5. The van der Waals surface area contributed by atoms with E-state index in [0.717, 1.165) is 16.1 Å². The van der Waals surface area contributed by atoms with Crippen LogP contribution >= 0.6 is 11.3 Å². The molecule has 5 heteroatoms. The van der Waals surface area contributed by atoms with Crippen molar-refractivity contribution in [3.8, 4) is 10.6 Å². The van der Waals surface area contributed by atoms with Crippen molar-refractivity contribution in [2.45, 2.75) is 13.0 Å². The first kappa shape index (κ1) is 16.4. The van der Waals surface area contributed by atoms with Gasteiger partial charge in [0, 0.05) is 0 Å². The summed E-state index contributed by atoms with van der Waals surface area (Å²) >= 11 is 1.61. The maximum absolute atomic E-state index is 12.5. The van der Waals surface area contributed by atoms with E-state index in [-0.39, 0.29) is 12.5 Å². The maximum Gasteiger partial charge on any atom is 0.253 e. The molecule has 0 aliphatic carbocycles. The molecule has 0 radical (unpaired) electrons. The quantitative estimate of drug-likeness (QED) is 0.747. The number of nitrogens with zero attached hydrogens (tertiary/aromatic N) is 1. The lowest BCUT2D eigenvalue weighted by molar-refractivity contribution is 0.0915. The second-order valence-electron chi connectivity index (χ2n) is 5.43. The molecule has 0 spiro atoms. The van der Waals surface area contributed by atoms with E-state index in [1.165, 1.54) is 0 Å². The molecule has 0 saturated carbocycles. The van der Waals surface area contributed by atoms with Gasteiger partial charge in [0.2, 0.25) is 0 Å². The number of benzene rings is 1. The van der Waals surface area contributed by atoms with Gasteiger partial charge >= 0.3 is 0 Å². The van der Waals surface area contributed by atoms with Crippen LogP contribution in [0.3, 0.4) is 0 Å². The molecule has 1 aromatic carbocycles. The summed E-state index contributed by atoms with van der Waals surface area (Å²) in [6.45, 7) is 1.66. The van der Waals surface area contributed by atoms with Gasteiger partial charge in [0.25, 0.3) is 5.91 Å². The van der Waals surface area contributed by atoms with Crippen LogP contribution in [0.5, 0.6) is 0 Å². The van der Waals surface area contributed by atoms with Gasteiger partial charge in [-0.1, -0.05) is 36.4 Å². The van der Waals surface area contributed by atoms with Crippen LogP contribution in [0.1, 0.15) is 27.7 Å². The standard InChI is InChI=1S/C19H18N2O2S/c1-13-15(9-10-16(20-13)18-8-5-11-24-18)19(23)21-17(12-22)14-6-3-2-4-7-14/h2-11,17,22H,12H2,1H3,(H,21,23)/t17-/m1/s1. The first-order valence-electron chi connectivity index (χ1n) is 7.67. The fraction of sp³-hybridized carbons (Fsp3) is 0.158. The molecule has 1 atom stereocenters. The number of carbonyl (C=O) groups is 1. The Hall–Kier alpha value is -2.50. The van der Waals surface area contributed by atoms with Gasteiger partial charge < -0.3 is 10.4 Å². The largest absolute Gasteiger partial charge is 0.394 e. The van der Waals surface area contributed by atoms with Gasteiger partial charge in [0.15, 0.2) is 0 Å². The number of amides is 1. The molecule has 2 N–H and O–H groups in total. The summed E-state index contributed by atoms with van der Waals surface area (Å²) in [6.07, 6.45) is 0. The zero-order chi connectivity index (χ0) is 16.9. The summed E-state index contributed by atoms with van der Waals surface area (Å²) in [7, 11) is 0. The number of carbonyl (C=O) groups excluding carboxylic acids is 1. The number of nitrogens with one attached hydrogen (secondary N) is 1. The average molecular weight is 338 g/mol. The number of aliphatic hydroxyl groups excluding tert-OH is 1. The zero-order valence-electron chi connectivity index (χ0n) is 13.3. The van der Waals surface area contributed by atoms with Crippen LogP contribution in [0.15, 0.2) is 60.0 Å². The van der Waals surface area contributed by atoms with Gasteiger partial charge in [-0.05, 0) is 36.1 Å². The zero-order valence-corrected chi connectivity index (χ0v) is 14.1. The number of hydrogen-bond acceptors (Lipinski definition) is 4. The fourth-order valence-corrected chi connectivity index (χ4v) is 3.21. The second-order valence-corrected chi connectivity index (χ2v) is 6.37. The third-order valence-corrected chi connectivity index (χ3v) is 4.69. The van der Waals surface area contributed by atoms with E-state index in [0.29, 0.717) is 11.3 Å². The molecule has 0 aliphatic heterocycles. The van der Waals surface area contributed by atoms with E-state index >= 15 is 0 Å². The van der Waals surface area contributed by atoms with E-state index in [1.54, 1.807) is 17.4 Å². The van der Waals surface area contributed by atoms with Crippen LogP contribution in [0.25, 0.3) is 10.6 Å². The lowest BCUT2D eigenvalue weighted by Gasteiger charge is -2.17. The van der Waals surface area contributed by atoms with Crippen LogP contribution in [-0.2, 0) is 0 Å². The second kappa shape index (κ2) is 7.38. The molecule has 0 aliphatic rings. The molecule has 122 valence electrons.